The van der Waals surface area contributed by atoms with Crippen molar-refractivity contribution < 1.29 is 0 Å². The van der Waals surface area contributed by atoms with Gasteiger partial charge in [0.05, 0.1) is 0 Å². The van der Waals surface area contributed by atoms with Gasteiger partial charge in [-0.05, 0) is 42.5 Å². The van der Waals surface area contributed by atoms with Crippen LogP contribution >= 0.6 is 11.6 Å². The Morgan fingerprint density at radius 3 is 2.86 bits per heavy atom. The molecule has 0 N–H and O–H groups in total. The summed E-state index contributed by atoms with van der Waals surface area (Å²) in [6.45, 7) is 8.12. The van der Waals surface area contributed by atoms with Gasteiger partial charge in [-0.15, -0.1) is 0 Å². The van der Waals surface area contributed by atoms with Crippen molar-refractivity contribution in [3.63, 3.8) is 0 Å². The van der Waals surface area contributed by atoms with Gasteiger partial charge in [0.15, 0.2) is 0 Å². The highest BCUT2D eigenvalue weighted by molar-refractivity contribution is 6.29. The highest BCUT2D eigenvalue weighted by atomic mass is 35.5. The standard InChI is InChI=1S/C12H16ClN/c1-4-5-6-10-7-12(13)14-8-11(10)9(2)3/h7-8H,2,4-6H2,1,3H3. The molecule has 0 aliphatic carbocycles. The predicted octanol–water partition coefficient (Wildman–Crippen LogP) is 4.11. The molecule has 0 spiro atoms. The lowest BCUT2D eigenvalue weighted by molar-refractivity contribution is 0.792. The van der Waals surface area contributed by atoms with Crippen LogP contribution < -0.4 is 0 Å². The Balaban J connectivity index is 2.97. The maximum absolute atomic E-state index is 5.86. The second kappa shape index (κ2) is 5.16. The van der Waals surface area contributed by atoms with Gasteiger partial charge < -0.3 is 0 Å². The molecule has 76 valence electrons. The summed E-state index contributed by atoms with van der Waals surface area (Å²) >= 11 is 5.86. The van der Waals surface area contributed by atoms with Crippen LogP contribution in [0.25, 0.3) is 5.57 Å². The highest BCUT2D eigenvalue weighted by Gasteiger charge is 2.04. The molecule has 0 bridgehead atoms. The second-order valence-corrected chi connectivity index (χ2v) is 3.94. The summed E-state index contributed by atoms with van der Waals surface area (Å²) < 4.78 is 0. The predicted molar refractivity (Wildman–Crippen MR) is 62.6 cm³/mol. The lowest BCUT2D eigenvalue weighted by atomic mass is 10.0. The average Bonchev–Trinajstić information content (AvgIpc) is 2.14. The van der Waals surface area contributed by atoms with Crippen LogP contribution in [0.5, 0.6) is 0 Å². The fourth-order valence-corrected chi connectivity index (χ4v) is 1.61. The van der Waals surface area contributed by atoms with E-state index in [1.807, 2.05) is 19.2 Å². The second-order valence-electron chi connectivity index (χ2n) is 3.55. The third-order valence-electron chi connectivity index (χ3n) is 2.22. The first-order valence-corrected chi connectivity index (χ1v) is 5.33. The van der Waals surface area contributed by atoms with E-state index in [4.69, 9.17) is 11.6 Å². The summed E-state index contributed by atoms with van der Waals surface area (Å²) in [4.78, 5) is 4.07. The summed E-state index contributed by atoms with van der Waals surface area (Å²) in [7, 11) is 0. The number of hydrogen-bond donors (Lipinski definition) is 0. The quantitative estimate of drug-likeness (QED) is 0.681. The normalized spacial score (nSPS) is 10.2. The largest absolute Gasteiger partial charge is 0.244 e. The van der Waals surface area contributed by atoms with E-state index < -0.39 is 0 Å². The molecule has 1 aromatic rings. The Morgan fingerprint density at radius 1 is 1.57 bits per heavy atom. The third kappa shape index (κ3) is 2.85. The molecule has 0 saturated carbocycles. The Bertz CT molecular complexity index is 331. The molecule has 0 saturated heterocycles. The van der Waals surface area contributed by atoms with Crippen molar-refractivity contribution in [3.8, 4) is 0 Å². The molecule has 0 unspecified atom stereocenters. The van der Waals surface area contributed by atoms with Crippen LogP contribution in [0.3, 0.4) is 0 Å². The number of nitrogens with zero attached hydrogens (tertiary/aromatic N) is 1. The van der Waals surface area contributed by atoms with E-state index in [2.05, 4.69) is 18.5 Å². The molecule has 0 aliphatic rings. The zero-order valence-corrected chi connectivity index (χ0v) is 9.56. The fourth-order valence-electron chi connectivity index (χ4n) is 1.43. The number of rotatable bonds is 4. The SMILES string of the molecule is C=C(C)c1cnc(Cl)cc1CCCC. The maximum Gasteiger partial charge on any atom is 0.129 e. The zero-order chi connectivity index (χ0) is 10.6. The molecule has 14 heavy (non-hydrogen) atoms. The van der Waals surface area contributed by atoms with Gasteiger partial charge in [-0.25, -0.2) is 4.98 Å². The van der Waals surface area contributed by atoms with Gasteiger partial charge >= 0.3 is 0 Å². The molecule has 1 aromatic heterocycles. The van der Waals surface area contributed by atoms with Crippen LogP contribution in [0.4, 0.5) is 0 Å². The molecular formula is C12H16ClN. The minimum Gasteiger partial charge on any atom is -0.244 e. The molecule has 0 amide bonds. The van der Waals surface area contributed by atoms with E-state index >= 15 is 0 Å². The molecule has 1 nitrogen and oxygen atoms in total. The molecule has 0 radical (unpaired) electrons. The molecule has 1 rings (SSSR count). The van der Waals surface area contributed by atoms with Gasteiger partial charge in [0.1, 0.15) is 5.15 Å². The zero-order valence-electron chi connectivity index (χ0n) is 8.81. The van der Waals surface area contributed by atoms with E-state index in [1.54, 1.807) is 0 Å². The van der Waals surface area contributed by atoms with Crippen LogP contribution in [0.1, 0.15) is 37.8 Å². The molecule has 0 atom stereocenters. The molecule has 0 fully saturated rings. The Morgan fingerprint density at radius 2 is 2.29 bits per heavy atom. The van der Waals surface area contributed by atoms with Gasteiger partial charge in [-0.2, -0.15) is 0 Å². The van der Waals surface area contributed by atoms with E-state index in [0.717, 1.165) is 17.6 Å². The van der Waals surface area contributed by atoms with Gasteiger partial charge in [-0.3, -0.25) is 0 Å². The van der Waals surface area contributed by atoms with Crippen molar-refractivity contribution in [3.05, 3.63) is 35.1 Å². The Hall–Kier alpha value is -0.820. The van der Waals surface area contributed by atoms with E-state index in [1.165, 1.54) is 18.4 Å². The van der Waals surface area contributed by atoms with Gasteiger partial charge in [-0.1, -0.05) is 31.5 Å². The van der Waals surface area contributed by atoms with Gasteiger partial charge in [0.2, 0.25) is 0 Å². The van der Waals surface area contributed by atoms with Gasteiger partial charge in [0.25, 0.3) is 0 Å². The van der Waals surface area contributed by atoms with E-state index in [-0.39, 0.29) is 0 Å². The summed E-state index contributed by atoms with van der Waals surface area (Å²) in [5.41, 5.74) is 3.46. The first-order valence-electron chi connectivity index (χ1n) is 4.95. The van der Waals surface area contributed by atoms with Crippen LogP contribution in [-0.4, -0.2) is 4.98 Å². The van der Waals surface area contributed by atoms with Crippen LogP contribution in [0.15, 0.2) is 18.8 Å². The lowest BCUT2D eigenvalue weighted by Crippen LogP contribution is -1.93. The van der Waals surface area contributed by atoms with Crippen LogP contribution in [0, 0.1) is 0 Å². The number of pyridine rings is 1. The molecule has 2 heteroatoms. The van der Waals surface area contributed by atoms with Crippen molar-refractivity contribution in [1.29, 1.82) is 0 Å². The number of hydrogen-bond acceptors (Lipinski definition) is 1. The van der Waals surface area contributed by atoms with Crippen LogP contribution in [0.2, 0.25) is 5.15 Å². The first-order chi connectivity index (χ1) is 6.65. The lowest BCUT2D eigenvalue weighted by Gasteiger charge is -2.08. The highest BCUT2D eigenvalue weighted by Crippen LogP contribution is 2.21. The number of unbranched alkanes of at least 4 members (excludes halogenated alkanes) is 1. The smallest absolute Gasteiger partial charge is 0.129 e. The molecule has 1 heterocycles. The third-order valence-corrected chi connectivity index (χ3v) is 2.42. The minimum atomic E-state index is 0.570. The van der Waals surface area contributed by atoms with Crippen LogP contribution in [-0.2, 0) is 6.42 Å². The van der Waals surface area contributed by atoms with Gasteiger partial charge in [0, 0.05) is 6.20 Å². The molecule has 0 aliphatic heterocycles. The summed E-state index contributed by atoms with van der Waals surface area (Å²) in [6, 6.07) is 1.95. The summed E-state index contributed by atoms with van der Waals surface area (Å²) in [6.07, 6.45) is 5.24. The Kier molecular flexibility index (Phi) is 4.15. The summed E-state index contributed by atoms with van der Waals surface area (Å²) in [5.74, 6) is 0. The number of allylic oxidation sites excluding steroid dienone is 1. The van der Waals surface area contributed by atoms with E-state index in [0.29, 0.717) is 5.15 Å². The molecular weight excluding hydrogens is 194 g/mol. The Labute approximate surface area is 90.8 Å². The first kappa shape index (κ1) is 11.3. The van der Waals surface area contributed by atoms with Crippen molar-refractivity contribution in [1.82, 2.24) is 4.98 Å². The minimum absolute atomic E-state index is 0.570. The fraction of sp³-hybridized carbons (Fsp3) is 0.417. The number of halogens is 1. The maximum atomic E-state index is 5.86. The van der Waals surface area contributed by atoms with E-state index in [9.17, 15) is 0 Å². The monoisotopic (exact) mass is 209 g/mol. The van der Waals surface area contributed by atoms with Crippen molar-refractivity contribution in [2.75, 3.05) is 0 Å². The van der Waals surface area contributed by atoms with Crippen molar-refractivity contribution >= 4 is 17.2 Å². The molecule has 0 aromatic carbocycles. The average molecular weight is 210 g/mol. The van der Waals surface area contributed by atoms with Crippen molar-refractivity contribution in [2.24, 2.45) is 0 Å². The summed E-state index contributed by atoms with van der Waals surface area (Å²) in [5, 5.41) is 0.570. The topological polar surface area (TPSA) is 12.9 Å². The number of aryl methyl sites for hydroxylation is 1. The van der Waals surface area contributed by atoms with Crippen molar-refractivity contribution in [2.45, 2.75) is 33.1 Å². The number of aromatic nitrogens is 1.